The molecule has 21 heavy (non-hydrogen) atoms. The summed E-state index contributed by atoms with van der Waals surface area (Å²) in [6.07, 6.45) is 6.56. The standard InChI is InChI=1S/C18H24N2O/c1-2-5-14(11-12-19)9-10-17(21)16-8-3-6-15-7-4-13-20-18(15)16/h3-4,6-8,13-14H,2,5,9-12,19H2,1H3. The van der Waals surface area contributed by atoms with Crippen LogP contribution in [0.1, 0.15) is 49.4 Å². The molecule has 0 radical (unpaired) electrons. The number of Topliss-reactive ketones (excluding diaryl/α,β-unsaturated/α-hetero) is 1. The van der Waals surface area contributed by atoms with E-state index in [0.29, 0.717) is 18.9 Å². The van der Waals surface area contributed by atoms with E-state index < -0.39 is 0 Å². The fourth-order valence-corrected chi connectivity index (χ4v) is 2.88. The maximum Gasteiger partial charge on any atom is 0.165 e. The van der Waals surface area contributed by atoms with Crippen molar-refractivity contribution in [1.82, 2.24) is 4.98 Å². The van der Waals surface area contributed by atoms with E-state index in [2.05, 4.69) is 11.9 Å². The van der Waals surface area contributed by atoms with Gasteiger partial charge >= 0.3 is 0 Å². The van der Waals surface area contributed by atoms with Crippen molar-refractivity contribution >= 4 is 16.7 Å². The molecule has 3 heteroatoms. The van der Waals surface area contributed by atoms with E-state index in [-0.39, 0.29) is 5.78 Å². The summed E-state index contributed by atoms with van der Waals surface area (Å²) in [4.78, 5) is 16.9. The first-order chi connectivity index (χ1) is 10.3. The smallest absolute Gasteiger partial charge is 0.165 e. The SMILES string of the molecule is CCCC(CCN)CCC(=O)c1cccc2cccnc12. The first-order valence-corrected chi connectivity index (χ1v) is 7.83. The van der Waals surface area contributed by atoms with Crippen LogP contribution in [0.3, 0.4) is 0 Å². The summed E-state index contributed by atoms with van der Waals surface area (Å²) in [5, 5.41) is 1.02. The lowest BCUT2D eigenvalue weighted by Gasteiger charge is -2.14. The minimum Gasteiger partial charge on any atom is -0.330 e. The van der Waals surface area contributed by atoms with Crippen LogP contribution in [-0.2, 0) is 0 Å². The number of pyridine rings is 1. The fourth-order valence-electron chi connectivity index (χ4n) is 2.88. The molecule has 1 aromatic heterocycles. The first kappa shape index (κ1) is 15.6. The van der Waals surface area contributed by atoms with Crippen LogP contribution >= 0.6 is 0 Å². The van der Waals surface area contributed by atoms with Gasteiger partial charge in [-0.2, -0.15) is 0 Å². The zero-order valence-electron chi connectivity index (χ0n) is 12.7. The lowest BCUT2D eigenvalue weighted by atomic mass is 9.92. The van der Waals surface area contributed by atoms with Gasteiger partial charge in [-0.3, -0.25) is 9.78 Å². The third-order valence-electron chi connectivity index (χ3n) is 3.98. The highest BCUT2D eigenvalue weighted by molar-refractivity contribution is 6.06. The van der Waals surface area contributed by atoms with Gasteiger partial charge in [0, 0.05) is 23.6 Å². The number of fused-ring (bicyclic) bond motifs is 1. The first-order valence-electron chi connectivity index (χ1n) is 7.83. The number of nitrogens with zero attached hydrogens (tertiary/aromatic N) is 1. The molecule has 0 fully saturated rings. The van der Waals surface area contributed by atoms with Crippen molar-refractivity contribution in [2.24, 2.45) is 11.7 Å². The molecule has 1 atom stereocenters. The summed E-state index contributed by atoms with van der Waals surface area (Å²) < 4.78 is 0. The van der Waals surface area contributed by atoms with E-state index in [1.54, 1.807) is 6.20 Å². The van der Waals surface area contributed by atoms with Crippen LogP contribution < -0.4 is 5.73 Å². The Balaban J connectivity index is 2.08. The Bertz CT molecular complexity index is 583. The largest absolute Gasteiger partial charge is 0.330 e. The zero-order valence-corrected chi connectivity index (χ0v) is 12.7. The Labute approximate surface area is 126 Å². The number of ketones is 1. The lowest BCUT2D eigenvalue weighted by molar-refractivity contribution is 0.0973. The second kappa shape index (κ2) is 7.89. The average Bonchev–Trinajstić information content (AvgIpc) is 2.52. The number of carbonyl (C=O) groups excluding carboxylic acids is 1. The molecule has 0 spiro atoms. The van der Waals surface area contributed by atoms with Gasteiger partial charge in [0.2, 0.25) is 0 Å². The molecule has 0 aliphatic carbocycles. The maximum absolute atomic E-state index is 12.5. The number of carbonyl (C=O) groups is 1. The van der Waals surface area contributed by atoms with Crippen LogP contribution in [0.25, 0.3) is 10.9 Å². The van der Waals surface area contributed by atoms with Crippen molar-refractivity contribution in [3.8, 4) is 0 Å². The number of hydrogen-bond donors (Lipinski definition) is 1. The molecule has 2 N–H and O–H groups in total. The predicted octanol–water partition coefficient (Wildman–Crippen LogP) is 3.96. The highest BCUT2D eigenvalue weighted by Gasteiger charge is 2.14. The summed E-state index contributed by atoms with van der Waals surface area (Å²) >= 11 is 0. The zero-order chi connectivity index (χ0) is 15.1. The minimum atomic E-state index is 0.192. The van der Waals surface area contributed by atoms with E-state index in [4.69, 9.17) is 5.73 Å². The summed E-state index contributed by atoms with van der Waals surface area (Å²) in [7, 11) is 0. The van der Waals surface area contributed by atoms with Gasteiger partial charge < -0.3 is 5.73 Å². The van der Waals surface area contributed by atoms with Gasteiger partial charge in [0.1, 0.15) is 0 Å². The van der Waals surface area contributed by atoms with Crippen LogP contribution in [-0.4, -0.2) is 17.3 Å². The molecule has 0 bridgehead atoms. The Kier molecular flexibility index (Phi) is 5.88. The van der Waals surface area contributed by atoms with E-state index in [1.165, 1.54) is 0 Å². The van der Waals surface area contributed by atoms with Gasteiger partial charge in [-0.25, -0.2) is 0 Å². The number of benzene rings is 1. The molecule has 1 aromatic carbocycles. The number of aromatic nitrogens is 1. The molecule has 1 unspecified atom stereocenters. The third-order valence-corrected chi connectivity index (χ3v) is 3.98. The maximum atomic E-state index is 12.5. The van der Waals surface area contributed by atoms with E-state index >= 15 is 0 Å². The van der Waals surface area contributed by atoms with E-state index in [0.717, 1.165) is 42.1 Å². The topological polar surface area (TPSA) is 56.0 Å². The molecule has 0 saturated carbocycles. The Hall–Kier alpha value is -1.74. The Morgan fingerprint density at radius 1 is 1.19 bits per heavy atom. The van der Waals surface area contributed by atoms with Crippen LogP contribution in [0.15, 0.2) is 36.5 Å². The van der Waals surface area contributed by atoms with E-state index in [9.17, 15) is 4.79 Å². The van der Waals surface area contributed by atoms with Crippen LogP contribution in [0.5, 0.6) is 0 Å². The predicted molar refractivity (Wildman–Crippen MR) is 87.4 cm³/mol. The molecular weight excluding hydrogens is 260 g/mol. The Morgan fingerprint density at radius 3 is 2.76 bits per heavy atom. The van der Waals surface area contributed by atoms with Crippen LogP contribution in [0, 0.1) is 5.92 Å². The van der Waals surface area contributed by atoms with Gasteiger partial charge in [0.05, 0.1) is 5.52 Å². The second-order valence-corrected chi connectivity index (χ2v) is 5.57. The van der Waals surface area contributed by atoms with Crippen LogP contribution in [0.4, 0.5) is 0 Å². The number of hydrogen-bond acceptors (Lipinski definition) is 3. The number of para-hydroxylation sites is 1. The van der Waals surface area contributed by atoms with Crippen molar-refractivity contribution in [1.29, 1.82) is 0 Å². The van der Waals surface area contributed by atoms with Gasteiger partial charge in [-0.1, -0.05) is 38.0 Å². The van der Waals surface area contributed by atoms with Crippen molar-refractivity contribution in [2.75, 3.05) is 6.54 Å². The van der Waals surface area contributed by atoms with Gasteiger partial charge in [0.25, 0.3) is 0 Å². The minimum absolute atomic E-state index is 0.192. The van der Waals surface area contributed by atoms with E-state index in [1.807, 2.05) is 30.3 Å². The molecule has 0 amide bonds. The van der Waals surface area contributed by atoms with Gasteiger partial charge in [-0.15, -0.1) is 0 Å². The van der Waals surface area contributed by atoms with Crippen LogP contribution in [0.2, 0.25) is 0 Å². The molecule has 2 rings (SSSR count). The average molecular weight is 284 g/mol. The summed E-state index contributed by atoms with van der Waals surface area (Å²) in [6, 6.07) is 9.70. The Morgan fingerprint density at radius 2 is 2.00 bits per heavy atom. The summed E-state index contributed by atoms with van der Waals surface area (Å²) in [5.41, 5.74) is 7.22. The molecule has 0 aliphatic rings. The van der Waals surface area contributed by atoms with Gasteiger partial charge in [-0.05, 0) is 37.4 Å². The molecule has 0 saturated heterocycles. The number of rotatable bonds is 8. The quantitative estimate of drug-likeness (QED) is 0.746. The van der Waals surface area contributed by atoms with Crippen molar-refractivity contribution in [3.05, 3.63) is 42.1 Å². The molecular formula is C18H24N2O. The summed E-state index contributed by atoms with van der Waals surface area (Å²) in [5.74, 6) is 0.754. The molecule has 0 aliphatic heterocycles. The van der Waals surface area contributed by atoms with Crippen molar-refractivity contribution < 1.29 is 4.79 Å². The molecule has 1 heterocycles. The second-order valence-electron chi connectivity index (χ2n) is 5.57. The van der Waals surface area contributed by atoms with Crippen molar-refractivity contribution in [3.63, 3.8) is 0 Å². The van der Waals surface area contributed by atoms with Crippen molar-refractivity contribution in [2.45, 2.75) is 39.0 Å². The molecule has 3 nitrogen and oxygen atoms in total. The fraction of sp³-hybridized carbons (Fsp3) is 0.444. The molecule has 2 aromatic rings. The highest BCUT2D eigenvalue weighted by atomic mass is 16.1. The summed E-state index contributed by atoms with van der Waals surface area (Å²) in [6.45, 7) is 2.88. The lowest BCUT2D eigenvalue weighted by Crippen LogP contribution is -2.11. The normalized spacial score (nSPS) is 12.5. The highest BCUT2D eigenvalue weighted by Crippen LogP contribution is 2.22. The monoisotopic (exact) mass is 284 g/mol. The third kappa shape index (κ3) is 4.11. The van der Waals surface area contributed by atoms with Gasteiger partial charge in [0.15, 0.2) is 5.78 Å². The molecule has 112 valence electrons. The number of nitrogens with two attached hydrogens (primary N) is 1.